The first kappa shape index (κ1) is 16.9. The summed E-state index contributed by atoms with van der Waals surface area (Å²) in [7, 11) is 0. The third-order valence-corrected chi connectivity index (χ3v) is 4.87. The summed E-state index contributed by atoms with van der Waals surface area (Å²) in [6, 6.07) is 11.7. The summed E-state index contributed by atoms with van der Waals surface area (Å²) in [5, 5.41) is 3.72. The summed E-state index contributed by atoms with van der Waals surface area (Å²) in [5.41, 5.74) is 2.18. The Balaban J connectivity index is 1.44. The van der Waals surface area contributed by atoms with Gasteiger partial charge in [0.05, 0.1) is 0 Å². The average molecular weight is 344 g/mol. The Morgan fingerprint density at radius 3 is 2.71 bits per heavy atom. The minimum absolute atomic E-state index is 0.0950. The van der Waals surface area contributed by atoms with E-state index in [4.69, 9.17) is 11.6 Å². The molecule has 1 aromatic carbocycles. The summed E-state index contributed by atoms with van der Waals surface area (Å²) < 4.78 is 0. The number of pyridine rings is 1. The van der Waals surface area contributed by atoms with Crippen LogP contribution in [0.1, 0.15) is 24.0 Å². The molecule has 126 valence electrons. The number of aromatic nitrogens is 1. The van der Waals surface area contributed by atoms with Crippen molar-refractivity contribution >= 4 is 17.5 Å². The largest absolute Gasteiger partial charge is 0.352 e. The zero-order valence-electron chi connectivity index (χ0n) is 13.6. The van der Waals surface area contributed by atoms with Crippen molar-refractivity contribution < 1.29 is 4.79 Å². The Morgan fingerprint density at radius 2 is 2.00 bits per heavy atom. The first-order chi connectivity index (χ1) is 11.7. The highest BCUT2D eigenvalue weighted by Crippen LogP contribution is 2.20. The van der Waals surface area contributed by atoms with Crippen molar-refractivity contribution in [1.82, 2.24) is 15.2 Å². The molecule has 0 bridgehead atoms. The first-order valence-electron chi connectivity index (χ1n) is 8.35. The number of piperidine rings is 1. The Kier molecular flexibility index (Phi) is 5.83. The number of carbonyl (C=O) groups excluding carboxylic acids is 1. The van der Waals surface area contributed by atoms with Gasteiger partial charge in [-0.05, 0) is 49.2 Å². The van der Waals surface area contributed by atoms with E-state index in [0.717, 1.165) is 38.0 Å². The molecular formula is C19H22ClN3O. The van der Waals surface area contributed by atoms with Gasteiger partial charge in [0.15, 0.2) is 0 Å². The molecule has 1 amide bonds. The van der Waals surface area contributed by atoms with Crippen LogP contribution in [0.15, 0.2) is 48.8 Å². The lowest BCUT2D eigenvalue weighted by molar-refractivity contribution is -0.126. The van der Waals surface area contributed by atoms with Crippen LogP contribution in [0.4, 0.5) is 0 Å². The van der Waals surface area contributed by atoms with Gasteiger partial charge in [-0.1, -0.05) is 35.9 Å². The highest BCUT2D eigenvalue weighted by Gasteiger charge is 2.24. The summed E-state index contributed by atoms with van der Waals surface area (Å²) >= 11 is 6.13. The second-order valence-corrected chi connectivity index (χ2v) is 6.63. The molecule has 0 spiro atoms. The second kappa shape index (κ2) is 8.27. The lowest BCUT2D eigenvalue weighted by atomic mass is 9.95. The van der Waals surface area contributed by atoms with Crippen LogP contribution in [-0.2, 0) is 17.9 Å². The Hall–Kier alpha value is -1.91. The maximum atomic E-state index is 12.4. The van der Waals surface area contributed by atoms with Crippen molar-refractivity contribution in [2.75, 3.05) is 13.1 Å². The topological polar surface area (TPSA) is 45.2 Å². The predicted octanol–water partition coefficient (Wildman–Crippen LogP) is 3.26. The third-order valence-electron chi connectivity index (χ3n) is 4.50. The highest BCUT2D eigenvalue weighted by atomic mass is 35.5. The van der Waals surface area contributed by atoms with Gasteiger partial charge in [-0.3, -0.25) is 14.7 Å². The van der Waals surface area contributed by atoms with Gasteiger partial charge in [0.1, 0.15) is 0 Å². The molecular weight excluding hydrogens is 322 g/mol. The number of nitrogens with one attached hydrogen (secondary N) is 1. The molecule has 1 saturated heterocycles. The van der Waals surface area contributed by atoms with Crippen LogP contribution in [0.2, 0.25) is 5.02 Å². The van der Waals surface area contributed by atoms with Crippen molar-refractivity contribution in [3.05, 3.63) is 64.9 Å². The molecule has 1 N–H and O–H groups in total. The lowest BCUT2D eigenvalue weighted by Gasteiger charge is -2.31. The van der Waals surface area contributed by atoms with Gasteiger partial charge in [0.2, 0.25) is 5.91 Å². The summed E-state index contributed by atoms with van der Waals surface area (Å²) in [6.45, 7) is 3.29. The Labute approximate surface area is 147 Å². The van der Waals surface area contributed by atoms with Gasteiger partial charge in [0.25, 0.3) is 0 Å². The van der Waals surface area contributed by atoms with Crippen LogP contribution in [0.5, 0.6) is 0 Å². The molecule has 3 rings (SSSR count). The lowest BCUT2D eigenvalue weighted by Crippen LogP contribution is -2.40. The standard InChI is InChI=1S/C19H22ClN3O/c20-18-6-2-1-5-17(18)13-22-19(24)16-7-10-23(11-8-16)14-15-4-3-9-21-12-15/h1-6,9,12,16H,7-8,10-11,13-14H2,(H,22,24). The number of halogens is 1. The van der Waals surface area contributed by atoms with Crippen molar-refractivity contribution in [1.29, 1.82) is 0 Å². The molecule has 0 aliphatic carbocycles. The molecule has 2 heterocycles. The van der Waals surface area contributed by atoms with Gasteiger partial charge in [-0.2, -0.15) is 0 Å². The molecule has 1 aliphatic heterocycles. The fourth-order valence-corrected chi connectivity index (χ4v) is 3.27. The van der Waals surface area contributed by atoms with E-state index >= 15 is 0 Å². The summed E-state index contributed by atoms with van der Waals surface area (Å²) in [6.07, 6.45) is 5.49. The molecule has 1 aromatic heterocycles. The predicted molar refractivity (Wildman–Crippen MR) is 95.5 cm³/mol. The molecule has 2 aromatic rings. The van der Waals surface area contributed by atoms with Gasteiger partial charge in [-0.15, -0.1) is 0 Å². The minimum Gasteiger partial charge on any atom is -0.352 e. The van der Waals surface area contributed by atoms with E-state index in [-0.39, 0.29) is 11.8 Å². The van der Waals surface area contributed by atoms with Gasteiger partial charge < -0.3 is 5.32 Å². The molecule has 0 atom stereocenters. The average Bonchev–Trinajstić information content (AvgIpc) is 2.62. The molecule has 0 unspecified atom stereocenters. The quantitative estimate of drug-likeness (QED) is 0.906. The zero-order valence-corrected chi connectivity index (χ0v) is 14.4. The SMILES string of the molecule is O=C(NCc1ccccc1Cl)C1CCN(Cc2cccnc2)CC1. The summed E-state index contributed by atoms with van der Waals surface area (Å²) in [5.74, 6) is 0.230. The highest BCUT2D eigenvalue weighted by molar-refractivity contribution is 6.31. The molecule has 24 heavy (non-hydrogen) atoms. The van der Waals surface area contributed by atoms with Crippen molar-refractivity contribution in [3.63, 3.8) is 0 Å². The van der Waals surface area contributed by atoms with Crippen LogP contribution >= 0.6 is 11.6 Å². The number of benzene rings is 1. The monoisotopic (exact) mass is 343 g/mol. The molecule has 0 saturated carbocycles. The maximum Gasteiger partial charge on any atom is 0.223 e. The molecule has 4 nitrogen and oxygen atoms in total. The number of likely N-dealkylation sites (tertiary alicyclic amines) is 1. The first-order valence-corrected chi connectivity index (χ1v) is 8.72. The van der Waals surface area contributed by atoms with Crippen molar-refractivity contribution in [3.8, 4) is 0 Å². The van der Waals surface area contributed by atoms with Crippen LogP contribution in [0.3, 0.4) is 0 Å². The fraction of sp³-hybridized carbons (Fsp3) is 0.368. The molecule has 1 fully saturated rings. The third kappa shape index (κ3) is 4.56. The normalized spacial score (nSPS) is 16.0. The van der Waals surface area contributed by atoms with E-state index in [9.17, 15) is 4.79 Å². The van der Waals surface area contributed by atoms with Gasteiger partial charge in [0, 0.05) is 36.4 Å². The number of nitrogens with zero attached hydrogens (tertiary/aromatic N) is 2. The maximum absolute atomic E-state index is 12.4. The van der Waals surface area contributed by atoms with Crippen molar-refractivity contribution in [2.45, 2.75) is 25.9 Å². The second-order valence-electron chi connectivity index (χ2n) is 6.22. The van der Waals surface area contributed by atoms with E-state index in [1.54, 1.807) is 6.20 Å². The van der Waals surface area contributed by atoms with E-state index in [0.29, 0.717) is 11.6 Å². The van der Waals surface area contributed by atoms with Gasteiger partial charge in [-0.25, -0.2) is 0 Å². The van der Waals surface area contributed by atoms with E-state index in [1.165, 1.54) is 5.56 Å². The number of carbonyl (C=O) groups is 1. The van der Waals surface area contributed by atoms with Gasteiger partial charge >= 0.3 is 0 Å². The van der Waals surface area contributed by atoms with E-state index in [2.05, 4.69) is 21.3 Å². The van der Waals surface area contributed by atoms with E-state index < -0.39 is 0 Å². The Morgan fingerprint density at radius 1 is 1.21 bits per heavy atom. The number of amides is 1. The molecule has 5 heteroatoms. The number of hydrogen-bond acceptors (Lipinski definition) is 3. The van der Waals surface area contributed by atoms with Crippen LogP contribution in [-0.4, -0.2) is 28.9 Å². The van der Waals surface area contributed by atoms with Crippen molar-refractivity contribution in [2.24, 2.45) is 5.92 Å². The van der Waals surface area contributed by atoms with Crippen LogP contribution in [0.25, 0.3) is 0 Å². The Bertz CT molecular complexity index is 669. The zero-order chi connectivity index (χ0) is 16.8. The number of rotatable bonds is 5. The molecule has 1 aliphatic rings. The van der Waals surface area contributed by atoms with Crippen LogP contribution in [0, 0.1) is 5.92 Å². The summed E-state index contributed by atoms with van der Waals surface area (Å²) in [4.78, 5) is 18.9. The molecule has 0 radical (unpaired) electrons. The van der Waals surface area contributed by atoms with Crippen LogP contribution < -0.4 is 5.32 Å². The minimum atomic E-state index is 0.0950. The van der Waals surface area contributed by atoms with E-state index in [1.807, 2.05) is 36.5 Å². The smallest absolute Gasteiger partial charge is 0.223 e. The fourth-order valence-electron chi connectivity index (χ4n) is 3.07. The number of hydrogen-bond donors (Lipinski definition) is 1.